The standard InChI is InChI=1S/C17H27NO2/c1-4-14-6-7-15(12-14)18-16-8-5-13(2)11-17(16)20-10-9-19-3/h5,8,11,14-15,18H,4,6-7,9-10,12H2,1-3H3. The summed E-state index contributed by atoms with van der Waals surface area (Å²) in [5, 5.41) is 3.66. The molecule has 1 aliphatic rings. The van der Waals surface area contributed by atoms with E-state index in [2.05, 4.69) is 37.4 Å². The third-order valence-electron chi connectivity index (χ3n) is 4.16. The highest BCUT2D eigenvalue weighted by Gasteiger charge is 2.23. The Labute approximate surface area is 122 Å². The summed E-state index contributed by atoms with van der Waals surface area (Å²) in [5.74, 6) is 1.83. The highest BCUT2D eigenvalue weighted by Crippen LogP contribution is 2.33. The van der Waals surface area contributed by atoms with E-state index >= 15 is 0 Å². The topological polar surface area (TPSA) is 30.5 Å². The van der Waals surface area contributed by atoms with Crippen LogP contribution in [0.2, 0.25) is 0 Å². The molecule has 1 aliphatic carbocycles. The molecule has 20 heavy (non-hydrogen) atoms. The number of nitrogens with one attached hydrogen (secondary N) is 1. The van der Waals surface area contributed by atoms with Gasteiger partial charge >= 0.3 is 0 Å². The molecular weight excluding hydrogens is 250 g/mol. The largest absolute Gasteiger partial charge is 0.489 e. The molecule has 112 valence electrons. The number of anilines is 1. The summed E-state index contributed by atoms with van der Waals surface area (Å²) in [6, 6.07) is 6.96. The zero-order valence-electron chi connectivity index (χ0n) is 12.9. The van der Waals surface area contributed by atoms with Crippen LogP contribution < -0.4 is 10.1 Å². The van der Waals surface area contributed by atoms with Crippen molar-refractivity contribution in [3.8, 4) is 5.75 Å². The van der Waals surface area contributed by atoms with E-state index < -0.39 is 0 Å². The lowest BCUT2D eigenvalue weighted by Gasteiger charge is -2.18. The predicted molar refractivity (Wildman–Crippen MR) is 83.6 cm³/mol. The Hall–Kier alpha value is -1.22. The molecule has 0 bridgehead atoms. The summed E-state index contributed by atoms with van der Waals surface area (Å²) in [4.78, 5) is 0. The molecular formula is C17H27NO2. The summed E-state index contributed by atoms with van der Waals surface area (Å²) < 4.78 is 10.9. The zero-order chi connectivity index (χ0) is 14.4. The van der Waals surface area contributed by atoms with E-state index in [1.54, 1.807) is 7.11 Å². The molecule has 2 rings (SSSR count). The minimum Gasteiger partial charge on any atom is -0.489 e. The molecule has 1 N–H and O–H groups in total. The van der Waals surface area contributed by atoms with Gasteiger partial charge < -0.3 is 14.8 Å². The maximum Gasteiger partial charge on any atom is 0.142 e. The molecule has 1 aromatic rings. The van der Waals surface area contributed by atoms with Gasteiger partial charge in [-0.2, -0.15) is 0 Å². The van der Waals surface area contributed by atoms with Crippen LogP contribution in [0.25, 0.3) is 0 Å². The summed E-state index contributed by atoms with van der Waals surface area (Å²) in [6.07, 6.45) is 5.19. The maximum atomic E-state index is 5.83. The van der Waals surface area contributed by atoms with Gasteiger partial charge in [0, 0.05) is 13.2 Å². The molecule has 3 heteroatoms. The van der Waals surface area contributed by atoms with Crippen molar-refractivity contribution < 1.29 is 9.47 Å². The summed E-state index contributed by atoms with van der Waals surface area (Å²) in [7, 11) is 1.70. The molecule has 0 radical (unpaired) electrons. The molecule has 1 saturated carbocycles. The summed E-state index contributed by atoms with van der Waals surface area (Å²) >= 11 is 0. The van der Waals surface area contributed by atoms with E-state index in [9.17, 15) is 0 Å². The van der Waals surface area contributed by atoms with Crippen molar-refractivity contribution in [3.63, 3.8) is 0 Å². The van der Waals surface area contributed by atoms with Crippen LogP contribution in [0, 0.1) is 12.8 Å². The molecule has 1 fully saturated rings. The molecule has 1 aromatic carbocycles. The second kappa shape index (κ2) is 7.53. The lowest BCUT2D eigenvalue weighted by atomic mass is 10.1. The van der Waals surface area contributed by atoms with Crippen molar-refractivity contribution in [2.45, 2.75) is 45.6 Å². The predicted octanol–water partition coefficient (Wildman–Crippen LogP) is 4.01. The van der Waals surface area contributed by atoms with E-state index in [0.717, 1.165) is 17.4 Å². The van der Waals surface area contributed by atoms with Crippen LogP contribution in [0.15, 0.2) is 18.2 Å². The first kappa shape index (κ1) is 15.2. The molecule has 0 amide bonds. The Morgan fingerprint density at radius 3 is 2.80 bits per heavy atom. The third kappa shape index (κ3) is 4.14. The highest BCUT2D eigenvalue weighted by molar-refractivity contribution is 5.58. The fourth-order valence-corrected chi connectivity index (χ4v) is 2.90. The Morgan fingerprint density at radius 1 is 1.25 bits per heavy atom. The highest BCUT2D eigenvalue weighted by atomic mass is 16.5. The zero-order valence-corrected chi connectivity index (χ0v) is 12.9. The molecule has 0 aromatic heterocycles. The van der Waals surface area contributed by atoms with Gasteiger partial charge in [-0.3, -0.25) is 0 Å². The SMILES string of the molecule is CCC1CCC(Nc2ccc(C)cc2OCCOC)C1. The van der Waals surface area contributed by atoms with Crippen molar-refractivity contribution in [1.29, 1.82) is 0 Å². The molecule has 0 heterocycles. The van der Waals surface area contributed by atoms with Crippen LogP contribution in [0.3, 0.4) is 0 Å². The average Bonchev–Trinajstić information content (AvgIpc) is 2.90. The first-order valence-electron chi connectivity index (χ1n) is 7.71. The molecule has 0 spiro atoms. The molecule has 0 saturated heterocycles. The maximum absolute atomic E-state index is 5.83. The van der Waals surface area contributed by atoms with Crippen LogP contribution >= 0.6 is 0 Å². The fourth-order valence-electron chi connectivity index (χ4n) is 2.90. The lowest BCUT2D eigenvalue weighted by molar-refractivity contribution is 0.146. The van der Waals surface area contributed by atoms with E-state index in [1.807, 2.05) is 0 Å². The van der Waals surface area contributed by atoms with Crippen LogP contribution in [0.1, 0.15) is 38.2 Å². The Balaban J connectivity index is 1.99. The minimum atomic E-state index is 0.590. The Morgan fingerprint density at radius 2 is 2.10 bits per heavy atom. The third-order valence-corrected chi connectivity index (χ3v) is 4.16. The van der Waals surface area contributed by atoms with Gasteiger partial charge in [0.2, 0.25) is 0 Å². The van der Waals surface area contributed by atoms with E-state index in [0.29, 0.717) is 19.3 Å². The number of benzene rings is 1. The van der Waals surface area contributed by atoms with Gasteiger partial charge in [0.1, 0.15) is 12.4 Å². The molecule has 3 nitrogen and oxygen atoms in total. The van der Waals surface area contributed by atoms with Crippen LogP contribution in [0.5, 0.6) is 5.75 Å². The number of ether oxygens (including phenoxy) is 2. The number of rotatable bonds is 7. The van der Waals surface area contributed by atoms with Gasteiger partial charge in [-0.15, -0.1) is 0 Å². The number of methoxy groups -OCH3 is 1. The van der Waals surface area contributed by atoms with E-state index in [1.165, 1.54) is 31.2 Å². The molecule has 2 atom stereocenters. The van der Waals surface area contributed by atoms with Crippen molar-refractivity contribution in [3.05, 3.63) is 23.8 Å². The number of aryl methyl sites for hydroxylation is 1. The first-order valence-corrected chi connectivity index (χ1v) is 7.71. The van der Waals surface area contributed by atoms with Crippen LogP contribution in [-0.4, -0.2) is 26.4 Å². The van der Waals surface area contributed by atoms with Gasteiger partial charge in [0.05, 0.1) is 12.3 Å². The van der Waals surface area contributed by atoms with Crippen molar-refractivity contribution in [2.24, 2.45) is 5.92 Å². The molecule has 2 unspecified atom stereocenters. The van der Waals surface area contributed by atoms with E-state index in [4.69, 9.17) is 9.47 Å². The average molecular weight is 277 g/mol. The smallest absolute Gasteiger partial charge is 0.142 e. The van der Waals surface area contributed by atoms with Crippen molar-refractivity contribution in [1.82, 2.24) is 0 Å². The van der Waals surface area contributed by atoms with Crippen molar-refractivity contribution >= 4 is 5.69 Å². The fraction of sp³-hybridized carbons (Fsp3) is 0.647. The molecule has 0 aliphatic heterocycles. The first-order chi connectivity index (χ1) is 9.72. The van der Waals surface area contributed by atoms with Crippen molar-refractivity contribution in [2.75, 3.05) is 25.6 Å². The van der Waals surface area contributed by atoms with Gasteiger partial charge in [0.15, 0.2) is 0 Å². The van der Waals surface area contributed by atoms with Crippen LogP contribution in [0.4, 0.5) is 5.69 Å². The summed E-state index contributed by atoms with van der Waals surface area (Å²) in [5.41, 5.74) is 2.34. The number of hydrogen-bond acceptors (Lipinski definition) is 3. The monoisotopic (exact) mass is 277 g/mol. The lowest BCUT2D eigenvalue weighted by Crippen LogP contribution is -2.17. The normalized spacial score (nSPS) is 21.9. The van der Waals surface area contributed by atoms with E-state index in [-0.39, 0.29) is 0 Å². The number of hydrogen-bond donors (Lipinski definition) is 1. The van der Waals surface area contributed by atoms with Crippen LogP contribution in [-0.2, 0) is 4.74 Å². The van der Waals surface area contributed by atoms with Gasteiger partial charge in [-0.1, -0.05) is 19.4 Å². The van der Waals surface area contributed by atoms with Gasteiger partial charge in [-0.25, -0.2) is 0 Å². The Kier molecular flexibility index (Phi) is 5.72. The summed E-state index contributed by atoms with van der Waals surface area (Å²) in [6.45, 7) is 5.60. The van der Waals surface area contributed by atoms with Gasteiger partial charge in [-0.05, 0) is 49.8 Å². The minimum absolute atomic E-state index is 0.590. The second-order valence-corrected chi connectivity index (χ2v) is 5.77. The quantitative estimate of drug-likeness (QED) is 0.764. The second-order valence-electron chi connectivity index (χ2n) is 5.77. The van der Waals surface area contributed by atoms with Gasteiger partial charge in [0.25, 0.3) is 0 Å². The Bertz CT molecular complexity index is 419.